The van der Waals surface area contributed by atoms with Gasteiger partial charge in [-0.15, -0.1) is 0 Å². The van der Waals surface area contributed by atoms with E-state index in [0.717, 1.165) is 16.4 Å². The summed E-state index contributed by atoms with van der Waals surface area (Å²) in [5.74, 6) is -0.724. The van der Waals surface area contributed by atoms with E-state index in [2.05, 4.69) is 17.1 Å². The van der Waals surface area contributed by atoms with E-state index in [1.165, 1.54) is 22.5 Å². The monoisotopic (exact) mass is 489 g/mol. The zero-order chi connectivity index (χ0) is 23.6. The molecular formula is C23H27N3O5S2. The Morgan fingerprint density at radius 1 is 1.00 bits per heavy atom. The summed E-state index contributed by atoms with van der Waals surface area (Å²) < 4.78 is 53.0. The molecule has 0 spiro atoms. The second-order valence-electron chi connectivity index (χ2n) is 8.19. The van der Waals surface area contributed by atoms with Gasteiger partial charge in [0.05, 0.1) is 16.3 Å². The Labute approximate surface area is 195 Å². The maximum absolute atomic E-state index is 13.2. The molecule has 2 aromatic rings. The fraction of sp³-hybridized carbons (Fsp3) is 0.348. The Hall–Kier alpha value is -2.53. The minimum Gasteiger partial charge on any atom is -0.297 e. The highest BCUT2D eigenvalue weighted by Gasteiger charge is 2.37. The normalized spacial score (nSPS) is 20.0. The van der Waals surface area contributed by atoms with Crippen LogP contribution in [0.4, 0.5) is 5.69 Å². The molecule has 0 aliphatic carbocycles. The average molecular weight is 490 g/mol. The third-order valence-electron chi connectivity index (χ3n) is 5.89. The highest BCUT2D eigenvalue weighted by atomic mass is 32.2. The third kappa shape index (κ3) is 5.03. The van der Waals surface area contributed by atoms with Crippen LogP contribution in [-0.4, -0.2) is 70.4 Å². The van der Waals surface area contributed by atoms with Crippen LogP contribution in [0.5, 0.6) is 0 Å². The van der Waals surface area contributed by atoms with Gasteiger partial charge >= 0.3 is 0 Å². The van der Waals surface area contributed by atoms with Crippen LogP contribution in [0.3, 0.4) is 0 Å². The van der Waals surface area contributed by atoms with E-state index in [1.807, 2.05) is 30.3 Å². The maximum atomic E-state index is 13.2. The molecule has 2 saturated heterocycles. The van der Waals surface area contributed by atoms with Crippen molar-refractivity contribution in [2.75, 3.05) is 42.8 Å². The fourth-order valence-electron chi connectivity index (χ4n) is 4.11. The van der Waals surface area contributed by atoms with Crippen molar-refractivity contribution in [3.05, 3.63) is 65.7 Å². The van der Waals surface area contributed by atoms with Crippen molar-refractivity contribution in [1.82, 2.24) is 9.21 Å². The Morgan fingerprint density at radius 2 is 1.70 bits per heavy atom. The van der Waals surface area contributed by atoms with Gasteiger partial charge in [-0.3, -0.25) is 9.69 Å². The molecule has 0 bridgehead atoms. The highest BCUT2D eigenvalue weighted by molar-refractivity contribution is 7.94. The quantitative estimate of drug-likeness (QED) is 0.617. The zero-order valence-corrected chi connectivity index (χ0v) is 20.1. The number of piperazine rings is 1. The molecule has 2 aromatic carbocycles. The van der Waals surface area contributed by atoms with E-state index in [1.54, 1.807) is 6.92 Å². The van der Waals surface area contributed by atoms with Crippen LogP contribution in [-0.2, 0) is 24.8 Å². The Balaban J connectivity index is 1.42. The highest BCUT2D eigenvalue weighted by Crippen LogP contribution is 2.30. The predicted molar refractivity (Wildman–Crippen MR) is 128 cm³/mol. The molecule has 2 aliphatic heterocycles. The Morgan fingerprint density at radius 3 is 2.30 bits per heavy atom. The molecule has 2 fully saturated rings. The van der Waals surface area contributed by atoms with E-state index >= 15 is 0 Å². The SMILES string of the molecule is Cc1cc(N2C(=O)CCS2(=O)=O)ccc1S(=O)(=O)N1CCN(C/C=C/c2ccccc2)CC1. The molecule has 0 N–H and O–H groups in total. The molecule has 2 aliphatic rings. The largest absolute Gasteiger partial charge is 0.297 e. The van der Waals surface area contributed by atoms with Crippen LogP contribution in [0.15, 0.2) is 59.5 Å². The lowest BCUT2D eigenvalue weighted by Gasteiger charge is -2.33. The van der Waals surface area contributed by atoms with E-state index < -0.39 is 26.0 Å². The second kappa shape index (κ2) is 9.38. The van der Waals surface area contributed by atoms with E-state index in [-0.39, 0.29) is 22.8 Å². The number of nitrogens with zero attached hydrogens (tertiary/aromatic N) is 3. The zero-order valence-electron chi connectivity index (χ0n) is 18.4. The van der Waals surface area contributed by atoms with E-state index in [0.29, 0.717) is 31.7 Å². The molecule has 0 saturated carbocycles. The maximum Gasteiger partial charge on any atom is 0.243 e. The molecule has 33 heavy (non-hydrogen) atoms. The lowest BCUT2D eigenvalue weighted by atomic mass is 10.2. The predicted octanol–water partition coefficient (Wildman–Crippen LogP) is 2.08. The standard InChI is InChI=1S/C23H27N3O5S2/c1-19-18-21(26-23(27)11-17-32(26,28)29)9-10-22(19)33(30,31)25-15-13-24(14-16-25)12-5-8-20-6-3-2-4-7-20/h2-10,18H,11-17H2,1H3/b8-5+. The van der Waals surface area contributed by atoms with E-state index in [9.17, 15) is 21.6 Å². The van der Waals surface area contributed by atoms with Crippen LogP contribution in [0.2, 0.25) is 0 Å². The summed E-state index contributed by atoms with van der Waals surface area (Å²) in [7, 11) is -7.42. The first kappa shape index (κ1) is 23.6. The average Bonchev–Trinajstić information content (AvgIpc) is 3.06. The first-order valence-electron chi connectivity index (χ1n) is 10.8. The smallest absolute Gasteiger partial charge is 0.243 e. The van der Waals surface area contributed by atoms with Crippen molar-refractivity contribution in [3.8, 4) is 0 Å². The van der Waals surface area contributed by atoms with Crippen LogP contribution in [0, 0.1) is 6.92 Å². The minimum atomic E-state index is -3.73. The van der Waals surface area contributed by atoms with Crippen LogP contribution in [0.1, 0.15) is 17.5 Å². The molecule has 8 nitrogen and oxygen atoms in total. The lowest BCUT2D eigenvalue weighted by molar-refractivity contribution is -0.116. The van der Waals surface area contributed by atoms with Crippen molar-refractivity contribution in [1.29, 1.82) is 0 Å². The van der Waals surface area contributed by atoms with Crippen molar-refractivity contribution in [2.45, 2.75) is 18.2 Å². The summed E-state index contributed by atoms with van der Waals surface area (Å²) in [6.07, 6.45) is 4.07. The second-order valence-corrected chi connectivity index (χ2v) is 12.0. The van der Waals surface area contributed by atoms with Gasteiger partial charge in [0.1, 0.15) is 0 Å². The number of anilines is 1. The number of rotatable bonds is 6. The molecule has 176 valence electrons. The molecular weight excluding hydrogens is 462 g/mol. The lowest BCUT2D eigenvalue weighted by Crippen LogP contribution is -2.48. The van der Waals surface area contributed by atoms with Gasteiger partial charge in [0.25, 0.3) is 0 Å². The molecule has 1 amide bonds. The van der Waals surface area contributed by atoms with Gasteiger partial charge in [-0.1, -0.05) is 42.5 Å². The Bertz CT molecular complexity index is 1270. The molecule has 2 heterocycles. The summed E-state index contributed by atoms with van der Waals surface area (Å²) in [5.41, 5.74) is 1.72. The van der Waals surface area contributed by atoms with Gasteiger partial charge < -0.3 is 0 Å². The third-order valence-corrected chi connectivity index (χ3v) is 9.64. The van der Waals surface area contributed by atoms with Gasteiger partial charge in [0.2, 0.25) is 26.0 Å². The van der Waals surface area contributed by atoms with Crippen molar-refractivity contribution in [3.63, 3.8) is 0 Å². The summed E-state index contributed by atoms with van der Waals surface area (Å²) in [6, 6.07) is 14.3. The van der Waals surface area contributed by atoms with Crippen molar-refractivity contribution >= 4 is 37.7 Å². The topological polar surface area (TPSA) is 95.1 Å². The number of hydrogen-bond donors (Lipinski definition) is 0. The van der Waals surface area contributed by atoms with Crippen LogP contribution >= 0.6 is 0 Å². The summed E-state index contributed by atoms with van der Waals surface area (Å²) in [6.45, 7) is 4.36. The summed E-state index contributed by atoms with van der Waals surface area (Å²) in [4.78, 5) is 14.4. The van der Waals surface area contributed by atoms with Crippen LogP contribution < -0.4 is 4.31 Å². The molecule has 0 unspecified atom stereocenters. The number of hydrogen-bond acceptors (Lipinski definition) is 6. The number of carbonyl (C=O) groups excluding carboxylic acids is 1. The first-order chi connectivity index (χ1) is 15.7. The molecule has 4 rings (SSSR count). The number of benzene rings is 2. The first-order valence-corrected chi connectivity index (χ1v) is 13.8. The molecule has 0 radical (unpaired) electrons. The molecule has 0 atom stereocenters. The van der Waals surface area contributed by atoms with Gasteiger partial charge in [-0.05, 0) is 36.2 Å². The summed E-state index contributed by atoms with van der Waals surface area (Å²) >= 11 is 0. The van der Waals surface area contributed by atoms with Gasteiger partial charge in [0.15, 0.2) is 0 Å². The van der Waals surface area contributed by atoms with Gasteiger partial charge in [0, 0.05) is 39.1 Å². The number of sulfonamides is 2. The summed E-state index contributed by atoms with van der Waals surface area (Å²) in [5, 5.41) is 0. The minimum absolute atomic E-state index is 0.0632. The van der Waals surface area contributed by atoms with E-state index in [4.69, 9.17) is 0 Å². The molecule has 0 aromatic heterocycles. The molecule has 10 heteroatoms. The van der Waals surface area contributed by atoms with Crippen LogP contribution in [0.25, 0.3) is 6.08 Å². The Kier molecular flexibility index (Phi) is 6.71. The van der Waals surface area contributed by atoms with Crippen molar-refractivity contribution < 1.29 is 21.6 Å². The number of carbonyl (C=O) groups is 1. The van der Waals surface area contributed by atoms with Crippen molar-refractivity contribution in [2.24, 2.45) is 0 Å². The van der Waals surface area contributed by atoms with Gasteiger partial charge in [-0.2, -0.15) is 4.31 Å². The number of aryl methyl sites for hydroxylation is 1. The fourth-order valence-corrected chi connectivity index (χ4v) is 7.19. The van der Waals surface area contributed by atoms with Gasteiger partial charge in [-0.25, -0.2) is 21.1 Å². The number of amides is 1.